The minimum absolute atomic E-state index is 0.0597. The lowest BCUT2D eigenvalue weighted by Crippen LogP contribution is -2.33. The summed E-state index contributed by atoms with van der Waals surface area (Å²) in [5, 5.41) is 24.0. The van der Waals surface area contributed by atoms with Gasteiger partial charge in [-0.3, -0.25) is 10.1 Å². The van der Waals surface area contributed by atoms with Crippen molar-refractivity contribution in [2.24, 2.45) is 0 Å². The van der Waals surface area contributed by atoms with E-state index >= 15 is 0 Å². The molecule has 24 heavy (non-hydrogen) atoms. The number of hydrogen-bond acceptors (Lipinski definition) is 5. The zero-order chi connectivity index (χ0) is 17.5. The van der Waals surface area contributed by atoms with E-state index in [-0.39, 0.29) is 18.3 Å². The Balaban J connectivity index is 1.81. The highest BCUT2D eigenvalue weighted by Crippen LogP contribution is 2.19. The molecule has 0 amide bonds. The van der Waals surface area contributed by atoms with E-state index in [0.717, 1.165) is 16.9 Å². The second-order valence-electron chi connectivity index (χ2n) is 5.76. The van der Waals surface area contributed by atoms with Crippen molar-refractivity contribution in [3.8, 4) is 5.75 Å². The van der Waals surface area contributed by atoms with Crippen LogP contribution in [0.3, 0.4) is 0 Å². The summed E-state index contributed by atoms with van der Waals surface area (Å²) in [4.78, 5) is 10.4. The molecule has 2 atom stereocenters. The van der Waals surface area contributed by atoms with Crippen LogP contribution < -0.4 is 10.1 Å². The second kappa shape index (κ2) is 8.42. The molecule has 0 bridgehead atoms. The predicted octanol–water partition coefficient (Wildman–Crippen LogP) is 2.99. The molecule has 0 fully saturated rings. The Kier molecular flexibility index (Phi) is 6.28. The monoisotopic (exact) mass is 330 g/mol. The first-order valence-corrected chi connectivity index (χ1v) is 7.81. The Morgan fingerprint density at radius 3 is 2.71 bits per heavy atom. The molecule has 2 N–H and O–H groups in total. The molecule has 0 saturated heterocycles. The number of aliphatic hydroxyl groups excluding tert-OH is 1. The number of aryl methyl sites for hydroxylation is 1. The van der Waals surface area contributed by atoms with Crippen LogP contribution in [0.15, 0.2) is 48.5 Å². The first-order chi connectivity index (χ1) is 11.5. The smallest absolute Gasteiger partial charge is 0.269 e. The standard InChI is InChI=1S/C18H22N2O4/c1-13-5-3-8-18(9-13)24-12-17(21)11-19-14(2)15-6-4-7-16(10-15)20(22)23/h3-10,14,17,19,21H,11-12H2,1-2H3. The van der Waals surface area contributed by atoms with Crippen molar-refractivity contribution in [1.82, 2.24) is 5.32 Å². The van der Waals surface area contributed by atoms with Crippen LogP contribution in [-0.4, -0.2) is 29.3 Å². The lowest BCUT2D eigenvalue weighted by molar-refractivity contribution is -0.384. The molecule has 0 aromatic heterocycles. The average Bonchev–Trinajstić information content (AvgIpc) is 2.58. The quantitative estimate of drug-likeness (QED) is 0.574. The lowest BCUT2D eigenvalue weighted by atomic mass is 10.1. The molecular weight excluding hydrogens is 308 g/mol. The van der Waals surface area contributed by atoms with Gasteiger partial charge in [0.1, 0.15) is 18.5 Å². The summed E-state index contributed by atoms with van der Waals surface area (Å²) in [6.45, 7) is 4.38. The van der Waals surface area contributed by atoms with Crippen molar-refractivity contribution in [3.05, 3.63) is 69.8 Å². The van der Waals surface area contributed by atoms with Crippen LogP contribution in [0.2, 0.25) is 0 Å². The minimum atomic E-state index is -0.674. The summed E-state index contributed by atoms with van der Waals surface area (Å²) in [6, 6.07) is 14.0. The van der Waals surface area contributed by atoms with Crippen molar-refractivity contribution in [3.63, 3.8) is 0 Å². The van der Waals surface area contributed by atoms with Crippen LogP contribution in [0.1, 0.15) is 24.1 Å². The predicted molar refractivity (Wildman–Crippen MR) is 92.2 cm³/mol. The number of nitrogens with zero attached hydrogens (tertiary/aromatic N) is 1. The molecule has 0 radical (unpaired) electrons. The highest BCUT2D eigenvalue weighted by Gasteiger charge is 2.12. The molecule has 2 rings (SSSR count). The minimum Gasteiger partial charge on any atom is -0.491 e. The Bertz CT molecular complexity index is 690. The van der Waals surface area contributed by atoms with E-state index < -0.39 is 11.0 Å². The van der Waals surface area contributed by atoms with Crippen molar-refractivity contribution in [1.29, 1.82) is 0 Å². The van der Waals surface area contributed by atoms with Gasteiger partial charge in [0.2, 0.25) is 0 Å². The number of nitrogens with one attached hydrogen (secondary N) is 1. The summed E-state index contributed by atoms with van der Waals surface area (Å²) in [5.74, 6) is 0.723. The number of benzene rings is 2. The van der Waals surface area contributed by atoms with E-state index in [0.29, 0.717) is 6.54 Å². The van der Waals surface area contributed by atoms with Crippen molar-refractivity contribution >= 4 is 5.69 Å². The third-order valence-corrected chi connectivity index (χ3v) is 3.67. The molecular formula is C18H22N2O4. The van der Waals surface area contributed by atoms with Gasteiger partial charge >= 0.3 is 0 Å². The molecule has 0 aliphatic rings. The third kappa shape index (κ3) is 5.33. The van der Waals surface area contributed by atoms with Gasteiger partial charge in [0.25, 0.3) is 5.69 Å². The highest BCUT2D eigenvalue weighted by atomic mass is 16.6. The Hall–Kier alpha value is -2.44. The summed E-state index contributed by atoms with van der Waals surface area (Å²) in [5.41, 5.74) is 1.96. The van der Waals surface area contributed by atoms with Gasteiger partial charge in [-0.1, -0.05) is 24.3 Å². The normalized spacial score (nSPS) is 13.3. The van der Waals surface area contributed by atoms with Gasteiger partial charge in [0.05, 0.1) is 4.92 Å². The first-order valence-electron chi connectivity index (χ1n) is 7.81. The molecule has 0 spiro atoms. The summed E-state index contributed by atoms with van der Waals surface area (Å²) in [6.07, 6.45) is -0.674. The molecule has 0 saturated carbocycles. The maximum atomic E-state index is 10.8. The van der Waals surface area contributed by atoms with Crippen LogP contribution in [0.4, 0.5) is 5.69 Å². The summed E-state index contributed by atoms with van der Waals surface area (Å²) >= 11 is 0. The van der Waals surface area contributed by atoms with E-state index in [2.05, 4.69) is 5.32 Å². The van der Waals surface area contributed by atoms with E-state index in [9.17, 15) is 15.2 Å². The van der Waals surface area contributed by atoms with Gasteiger partial charge in [0, 0.05) is 24.7 Å². The molecule has 0 heterocycles. The Morgan fingerprint density at radius 2 is 2.00 bits per heavy atom. The van der Waals surface area contributed by atoms with Crippen LogP contribution in [0, 0.1) is 17.0 Å². The average molecular weight is 330 g/mol. The molecule has 2 unspecified atom stereocenters. The number of aliphatic hydroxyl groups is 1. The molecule has 2 aromatic carbocycles. The van der Waals surface area contributed by atoms with Gasteiger partial charge in [-0.2, -0.15) is 0 Å². The highest BCUT2D eigenvalue weighted by molar-refractivity contribution is 5.35. The van der Waals surface area contributed by atoms with Gasteiger partial charge in [-0.15, -0.1) is 0 Å². The zero-order valence-electron chi connectivity index (χ0n) is 13.8. The first kappa shape index (κ1) is 17.9. The van der Waals surface area contributed by atoms with Crippen LogP contribution in [0.5, 0.6) is 5.75 Å². The number of hydrogen-bond donors (Lipinski definition) is 2. The van der Waals surface area contributed by atoms with Gasteiger partial charge < -0.3 is 15.2 Å². The zero-order valence-corrected chi connectivity index (χ0v) is 13.8. The Morgan fingerprint density at radius 1 is 1.25 bits per heavy atom. The number of non-ortho nitro benzene ring substituents is 1. The molecule has 0 aliphatic carbocycles. The molecule has 0 aliphatic heterocycles. The largest absolute Gasteiger partial charge is 0.491 e. The number of ether oxygens (including phenoxy) is 1. The summed E-state index contributed by atoms with van der Waals surface area (Å²) < 4.78 is 5.56. The number of rotatable bonds is 8. The van der Waals surface area contributed by atoms with Gasteiger partial charge in [-0.25, -0.2) is 0 Å². The summed E-state index contributed by atoms with van der Waals surface area (Å²) in [7, 11) is 0. The lowest BCUT2D eigenvalue weighted by Gasteiger charge is -2.18. The molecule has 128 valence electrons. The third-order valence-electron chi connectivity index (χ3n) is 3.67. The van der Waals surface area contributed by atoms with Crippen LogP contribution in [0.25, 0.3) is 0 Å². The molecule has 6 nitrogen and oxygen atoms in total. The Labute approximate surface area is 141 Å². The fraction of sp³-hybridized carbons (Fsp3) is 0.333. The number of nitro benzene ring substituents is 1. The van der Waals surface area contributed by atoms with Crippen molar-refractivity contribution < 1.29 is 14.8 Å². The SMILES string of the molecule is Cc1cccc(OCC(O)CNC(C)c2cccc([N+](=O)[O-])c2)c1. The fourth-order valence-electron chi connectivity index (χ4n) is 2.29. The second-order valence-corrected chi connectivity index (χ2v) is 5.76. The number of nitro groups is 1. The molecule has 2 aromatic rings. The molecule has 6 heteroatoms. The van der Waals surface area contributed by atoms with E-state index in [4.69, 9.17) is 4.74 Å². The maximum absolute atomic E-state index is 10.8. The van der Waals surface area contributed by atoms with E-state index in [1.54, 1.807) is 6.07 Å². The van der Waals surface area contributed by atoms with E-state index in [1.165, 1.54) is 12.1 Å². The van der Waals surface area contributed by atoms with Gasteiger partial charge in [0.15, 0.2) is 0 Å². The van der Waals surface area contributed by atoms with Crippen molar-refractivity contribution in [2.75, 3.05) is 13.2 Å². The topological polar surface area (TPSA) is 84.6 Å². The van der Waals surface area contributed by atoms with Crippen LogP contribution in [-0.2, 0) is 0 Å². The fourth-order valence-corrected chi connectivity index (χ4v) is 2.29. The van der Waals surface area contributed by atoms with E-state index in [1.807, 2.05) is 44.2 Å². The van der Waals surface area contributed by atoms with Gasteiger partial charge in [-0.05, 0) is 37.1 Å². The van der Waals surface area contributed by atoms with Crippen LogP contribution >= 0.6 is 0 Å². The maximum Gasteiger partial charge on any atom is 0.269 e. The van der Waals surface area contributed by atoms with Crippen molar-refractivity contribution in [2.45, 2.75) is 26.0 Å².